The van der Waals surface area contributed by atoms with Gasteiger partial charge < -0.3 is 105 Å². The Morgan fingerprint density at radius 3 is 0.763 bits per heavy atom. The van der Waals surface area contributed by atoms with Gasteiger partial charge in [-0.1, -0.05) is 49.2 Å². The van der Waals surface area contributed by atoms with Gasteiger partial charge in [-0.05, 0) is 61.4 Å². The monoisotopic (exact) mass is 1650 g/mol. The molecule has 630 valence electrons. The first-order valence-electron chi connectivity index (χ1n) is 36.2. The van der Waals surface area contributed by atoms with E-state index in [0.717, 1.165) is 133 Å². The van der Waals surface area contributed by atoms with Gasteiger partial charge in [0.05, 0.1) is 0 Å². The molecular formula is C74H96N2O36S2. The molecule has 2 N–H and O–H groups in total. The largest absolute Gasteiger partial charge is 0.463 e. The number of hydrogen-bond donors (Lipinski definition) is 2. The van der Waals surface area contributed by atoms with Crippen LogP contribution in [0.2, 0.25) is 0 Å². The molecule has 0 radical (unpaired) electrons. The lowest BCUT2D eigenvalue weighted by Crippen LogP contribution is -2.66. The van der Waals surface area contributed by atoms with E-state index in [2.05, 4.69) is 10.6 Å². The predicted molar refractivity (Wildman–Crippen MR) is 385 cm³/mol. The molecule has 114 heavy (non-hydrogen) atoms. The highest BCUT2D eigenvalue weighted by Gasteiger charge is 2.60. The van der Waals surface area contributed by atoms with Gasteiger partial charge in [0, 0.05) is 131 Å². The Bertz CT molecular complexity index is 3470. The van der Waals surface area contributed by atoms with E-state index in [4.69, 9.17) is 94.7 Å². The van der Waals surface area contributed by atoms with Crippen LogP contribution in [0.15, 0.2) is 58.3 Å². The molecule has 2 aromatic rings. The molecule has 38 nitrogen and oxygen atoms in total. The summed E-state index contributed by atoms with van der Waals surface area (Å²) in [4.78, 5) is 203. The van der Waals surface area contributed by atoms with E-state index in [-0.39, 0.29) is 24.7 Å². The second kappa shape index (κ2) is 45.5. The van der Waals surface area contributed by atoms with E-state index in [1.165, 1.54) is 0 Å². The molecule has 4 heterocycles. The Kier molecular flexibility index (Phi) is 37.2. The summed E-state index contributed by atoms with van der Waals surface area (Å²) in [5.74, 6) is -12.8. The second-order valence-corrected chi connectivity index (χ2v) is 28.7. The van der Waals surface area contributed by atoms with Crippen LogP contribution in [-0.4, -0.2) is 243 Å². The SMILES string of the molecule is CC(=O)OC[C@H]1O[C@@H](Sc2ccc(NC(=O)CCCCCCCCC(=O)Nc3ccc(S[C@@H]4O[C@H](COC(C)=O)[C@@H](O[C@@H]5O[C@H](COC(C)=O)[C@@H](OC(C)=O)[C@H](OC(C)=O)[C@H]5OC(C)=O)[C@H](OC(C)=O)[C@H]4OC(C)=O)cc3)cc2)[C@H](OC(C)=O)[C@@H](OC(C)=O)[C@@H]1O[C@@H]1O[C@H](COC(C)=O)[C@@H](OC(C)=O)[C@H](OC(C)=O)[C@H]1OC(C)=O. The van der Waals surface area contributed by atoms with Gasteiger partial charge in [-0.15, -0.1) is 0 Å². The van der Waals surface area contributed by atoms with E-state index < -0.39 is 231 Å². The lowest BCUT2D eigenvalue weighted by atomic mass is 9.96. The Balaban J connectivity index is 1.04. The fraction of sp³-hybridized carbons (Fsp3) is 0.622. The van der Waals surface area contributed by atoms with Crippen LogP contribution in [0.4, 0.5) is 11.4 Å². The number of nitrogens with one attached hydrogen (secondary N) is 2. The summed E-state index contributed by atoms with van der Waals surface area (Å²) in [6.07, 6.45) is -24.7. The van der Waals surface area contributed by atoms with Crippen molar-refractivity contribution >= 4 is 130 Å². The molecule has 4 fully saturated rings. The summed E-state index contributed by atoms with van der Waals surface area (Å²) in [6.45, 7) is 12.4. The molecule has 0 aliphatic carbocycles. The third-order valence-corrected chi connectivity index (χ3v) is 18.9. The molecule has 6 rings (SSSR count). The van der Waals surface area contributed by atoms with Crippen molar-refractivity contribution < 1.29 is 171 Å². The van der Waals surface area contributed by atoms with Crippen molar-refractivity contribution in [3.8, 4) is 0 Å². The maximum Gasteiger partial charge on any atom is 0.303 e. The van der Waals surface area contributed by atoms with Gasteiger partial charge in [0.15, 0.2) is 73.6 Å². The van der Waals surface area contributed by atoms with Crippen LogP contribution in [0.3, 0.4) is 0 Å². The summed E-state index contributed by atoms with van der Waals surface area (Å²) in [7, 11) is 0. The molecule has 20 atom stereocenters. The Morgan fingerprint density at radius 2 is 0.500 bits per heavy atom. The quantitative estimate of drug-likeness (QED) is 0.0520. The van der Waals surface area contributed by atoms with Crippen LogP contribution >= 0.6 is 23.5 Å². The van der Waals surface area contributed by atoms with E-state index >= 15 is 0 Å². The zero-order valence-electron chi connectivity index (χ0n) is 65.2. The molecule has 2 amide bonds. The van der Waals surface area contributed by atoms with E-state index in [9.17, 15) is 76.7 Å². The Morgan fingerprint density at radius 1 is 0.272 bits per heavy atom. The summed E-state index contributed by atoms with van der Waals surface area (Å²) in [5.41, 5.74) is -1.66. The molecule has 0 aromatic heterocycles. The summed E-state index contributed by atoms with van der Waals surface area (Å²) in [6, 6.07) is 13.0. The van der Waals surface area contributed by atoms with Gasteiger partial charge in [-0.25, -0.2) is 0 Å². The van der Waals surface area contributed by atoms with Crippen molar-refractivity contribution in [2.75, 3.05) is 37.1 Å². The lowest BCUT2D eigenvalue weighted by Gasteiger charge is -2.48. The molecule has 0 saturated carbocycles. The molecule has 4 saturated heterocycles. The second-order valence-electron chi connectivity index (χ2n) is 26.3. The topological polar surface area (TPSA) is 482 Å². The number of thioether (sulfide) groups is 2. The van der Waals surface area contributed by atoms with Gasteiger partial charge in [0.25, 0.3) is 0 Å². The molecule has 4 aliphatic heterocycles. The van der Waals surface area contributed by atoms with E-state index in [1.54, 1.807) is 48.5 Å². The molecule has 0 bridgehead atoms. The van der Waals surface area contributed by atoms with Gasteiger partial charge >= 0.3 is 83.6 Å². The molecular weight excluding hydrogens is 1560 g/mol. The zero-order chi connectivity index (χ0) is 84.2. The van der Waals surface area contributed by atoms with Gasteiger partial charge in [0.2, 0.25) is 11.8 Å². The number of unbranched alkanes of at least 4 members (excludes halogenated alkanes) is 5. The van der Waals surface area contributed by atoms with Crippen molar-refractivity contribution in [3.05, 3.63) is 48.5 Å². The first kappa shape index (κ1) is 93.3. The molecule has 40 heteroatoms. The van der Waals surface area contributed by atoms with Crippen molar-refractivity contribution in [1.82, 2.24) is 0 Å². The maximum absolute atomic E-state index is 13.2. The van der Waals surface area contributed by atoms with E-state index in [0.29, 0.717) is 46.8 Å². The minimum absolute atomic E-state index is 0.183. The van der Waals surface area contributed by atoms with Crippen LogP contribution in [0.25, 0.3) is 0 Å². The molecule has 0 unspecified atom stereocenters. The highest BCUT2D eigenvalue weighted by atomic mass is 32.2. The normalized spacial score (nSPS) is 27.0. The number of amides is 2. The average molecular weight is 1650 g/mol. The van der Waals surface area contributed by atoms with Gasteiger partial charge in [0.1, 0.15) is 73.9 Å². The Hall–Kier alpha value is -9.58. The van der Waals surface area contributed by atoms with Crippen LogP contribution in [0.5, 0.6) is 0 Å². The highest BCUT2D eigenvalue weighted by Crippen LogP contribution is 2.43. The number of carbonyl (C=O) groups is 16. The van der Waals surface area contributed by atoms with Crippen molar-refractivity contribution in [2.45, 2.75) is 279 Å². The van der Waals surface area contributed by atoms with Crippen molar-refractivity contribution in [3.63, 3.8) is 0 Å². The number of ether oxygens (including phenoxy) is 20. The number of anilines is 2. The van der Waals surface area contributed by atoms with Crippen molar-refractivity contribution in [2.24, 2.45) is 0 Å². The zero-order valence-corrected chi connectivity index (χ0v) is 66.8. The average Bonchev–Trinajstić information content (AvgIpc) is 0.768. The summed E-state index contributed by atoms with van der Waals surface area (Å²) >= 11 is 1.98. The Labute approximate surface area is 663 Å². The maximum atomic E-state index is 13.2. The highest BCUT2D eigenvalue weighted by molar-refractivity contribution is 8.00. The smallest absolute Gasteiger partial charge is 0.303 e. The standard InChI is InChI=1S/C74H96N2O36S2/c1-35(77)93-31-53-59(97-39(5)81)63(99-41(7)83)67(103-45(11)87)71(107-53)111-61-55(33-95-37(3)79)109-73(69(105-47(13)89)65(61)101-43(9)85)113-51-27-23-49(24-28-51)75-57(91)21-19-17-15-16-18-20-22-58(92)76-50-25-29-52(30-26-50)114-74-70(106-48(14)90)66(102-44(10)86)62(56(110-74)34-96-38(4)80)112-72-68(104-46(12)88)64(100-42(8)84)60(98-40(6)82)54(108-72)32-94-36(2)78/h23-30,53-56,59-74H,15-22,31-34H2,1-14H3,(H,75,91)(H,76,92)/t53-,54-,55-,56-,59-,60-,61-,62-,63+,64+,65+,66+,67-,68-,69-,70-,71+,72+,73+,74+/m1/s1. The summed E-state index contributed by atoms with van der Waals surface area (Å²) < 4.78 is 116. The van der Waals surface area contributed by atoms with Crippen LogP contribution < -0.4 is 10.6 Å². The van der Waals surface area contributed by atoms with Crippen LogP contribution in [0, 0.1) is 0 Å². The van der Waals surface area contributed by atoms with Crippen LogP contribution in [0.1, 0.15) is 148 Å². The minimum atomic E-state index is -1.87. The van der Waals surface area contributed by atoms with Gasteiger partial charge in [-0.2, -0.15) is 0 Å². The first-order valence-corrected chi connectivity index (χ1v) is 37.9. The predicted octanol–water partition coefficient (Wildman–Crippen LogP) is 4.81. The molecule has 4 aliphatic rings. The first-order chi connectivity index (χ1) is 53.8. The number of hydrogen-bond acceptors (Lipinski definition) is 38. The van der Waals surface area contributed by atoms with Gasteiger partial charge in [-0.3, -0.25) is 76.7 Å². The number of benzene rings is 2. The lowest BCUT2D eigenvalue weighted by molar-refractivity contribution is -0.341. The number of carbonyl (C=O) groups excluding carboxylic acids is 16. The number of esters is 14. The number of rotatable bonds is 37. The van der Waals surface area contributed by atoms with Crippen LogP contribution in [-0.2, 0) is 171 Å². The fourth-order valence-corrected chi connectivity index (χ4v) is 14.6. The third kappa shape index (κ3) is 30.6. The molecule has 2 aromatic carbocycles. The summed E-state index contributed by atoms with van der Waals surface area (Å²) in [5, 5.41) is 5.72. The fourth-order valence-electron chi connectivity index (χ4n) is 12.4. The van der Waals surface area contributed by atoms with Crippen molar-refractivity contribution in [1.29, 1.82) is 0 Å². The third-order valence-electron chi connectivity index (χ3n) is 16.6. The minimum Gasteiger partial charge on any atom is -0.463 e. The van der Waals surface area contributed by atoms with E-state index in [1.807, 2.05) is 0 Å². The molecule has 0 spiro atoms.